The van der Waals surface area contributed by atoms with Gasteiger partial charge in [-0.3, -0.25) is 4.52 Å². The van der Waals surface area contributed by atoms with Gasteiger partial charge in [0, 0.05) is 0 Å². The molecule has 2 N–H and O–H groups in total. The Morgan fingerprint density at radius 3 is 2.00 bits per heavy atom. The van der Waals surface area contributed by atoms with E-state index in [1.165, 1.54) is 0 Å². The third-order valence-corrected chi connectivity index (χ3v) is 1.54. The molecular formula is C5H17CaClNO4P. The summed E-state index contributed by atoms with van der Waals surface area (Å²) in [6.07, 6.45) is 0. The molecule has 8 heteroatoms. The summed E-state index contributed by atoms with van der Waals surface area (Å²) in [5, 5.41) is 0. The molecule has 0 aromatic rings. The molecule has 0 spiro atoms. The summed E-state index contributed by atoms with van der Waals surface area (Å²) in [6.45, 7) is 0.652. The molecular weight excluding hydrogens is 245 g/mol. The number of hydrogen-bond acceptors (Lipinski definition) is 2. The van der Waals surface area contributed by atoms with Gasteiger partial charge in [0.15, 0.2) is 0 Å². The standard InChI is InChI=1S/C5H14NO4P.Ca.ClH.2H/c1-6(2,3)4-5-10-11(7,8)9;;;;/h4-5H2,1-3H3,(H-,7,8,9);;1H;;/q;+2;;2*-1. The van der Waals surface area contributed by atoms with Gasteiger partial charge in [0.05, 0.1) is 21.1 Å². The molecule has 5 nitrogen and oxygen atoms in total. The van der Waals surface area contributed by atoms with E-state index in [0.717, 1.165) is 0 Å². The Morgan fingerprint density at radius 2 is 1.77 bits per heavy atom. The molecule has 0 amide bonds. The third-order valence-electron chi connectivity index (χ3n) is 1.02. The van der Waals surface area contributed by atoms with Gasteiger partial charge in [-0.25, -0.2) is 4.57 Å². The number of likely N-dealkylation sites (N-methyl/N-ethyl adjacent to an activating group) is 1. The minimum Gasteiger partial charge on any atom is -1.00 e. The number of hydrogen-bond donors (Lipinski definition) is 2. The first kappa shape index (κ1) is 20.1. The third kappa shape index (κ3) is 19.9. The van der Waals surface area contributed by atoms with Gasteiger partial charge < -0.3 is 29.5 Å². The number of phosphoric acid groups is 1. The molecule has 0 bridgehead atoms. The monoisotopic (exact) mass is 261 g/mol. The predicted octanol–water partition coefficient (Wildman–Crippen LogP) is -3.35. The molecule has 0 aromatic heterocycles. The van der Waals surface area contributed by atoms with E-state index in [1.54, 1.807) is 0 Å². The van der Waals surface area contributed by atoms with Crippen LogP contribution in [0.3, 0.4) is 0 Å². The van der Waals surface area contributed by atoms with Crippen molar-refractivity contribution in [3.8, 4) is 0 Å². The predicted molar refractivity (Wildman–Crippen MR) is 48.9 cm³/mol. The van der Waals surface area contributed by atoms with Crippen LogP contribution in [0.25, 0.3) is 0 Å². The maximum atomic E-state index is 10.2. The van der Waals surface area contributed by atoms with E-state index >= 15 is 0 Å². The van der Waals surface area contributed by atoms with Crippen LogP contribution in [0.2, 0.25) is 0 Å². The molecule has 0 aliphatic heterocycles. The van der Waals surface area contributed by atoms with Gasteiger partial charge >= 0.3 is 45.6 Å². The van der Waals surface area contributed by atoms with Gasteiger partial charge in [-0.2, -0.15) is 0 Å². The van der Waals surface area contributed by atoms with Crippen molar-refractivity contribution in [3.63, 3.8) is 0 Å². The summed E-state index contributed by atoms with van der Waals surface area (Å²) in [6, 6.07) is 0. The van der Waals surface area contributed by atoms with E-state index in [-0.39, 0.29) is 59.6 Å². The Morgan fingerprint density at radius 1 is 1.38 bits per heavy atom. The van der Waals surface area contributed by atoms with Crippen molar-refractivity contribution in [2.45, 2.75) is 0 Å². The minimum atomic E-state index is -4.26. The van der Waals surface area contributed by atoms with Crippen molar-refractivity contribution in [3.05, 3.63) is 0 Å². The molecule has 80 valence electrons. The van der Waals surface area contributed by atoms with E-state index in [2.05, 4.69) is 4.52 Å². The molecule has 0 fully saturated rings. The van der Waals surface area contributed by atoms with Gasteiger partial charge in [0.1, 0.15) is 13.2 Å². The maximum Gasteiger partial charge on any atom is 2.00 e. The summed E-state index contributed by atoms with van der Waals surface area (Å²) in [5.74, 6) is 0. The largest absolute Gasteiger partial charge is 2.00 e. The zero-order valence-corrected chi connectivity index (χ0v) is 12.0. The molecule has 0 aromatic carbocycles. The molecule has 0 saturated carbocycles. The average Bonchev–Trinajstić information content (AvgIpc) is 1.55. The van der Waals surface area contributed by atoms with E-state index in [1.807, 2.05) is 21.1 Å². The summed E-state index contributed by atoms with van der Waals surface area (Å²) >= 11 is 0. The summed E-state index contributed by atoms with van der Waals surface area (Å²) in [5.41, 5.74) is 0. The second-order valence-electron chi connectivity index (χ2n) is 3.34. The first-order chi connectivity index (χ1) is 4.71. The molecule has 0 aliphatic rings. The molecule has 0 heterocycles. The van der Waals surface area contributed by atoms with Crippen LogP contribution in [0.5, 0.6) is 0 Å². The summed E-state index contributed by atoms with van der Waals surface area (Å²) in [7, 11) is 1.50. The second-order valence-corrected chi connectivity index (χ2v) is 4.58. The van der Waals surface area contributed by atoms with E-state index < -0.39 is 7.82 Å². The van der Waals surface area contributed by atoms with Crippen molar-refractivity contribution in [1.82, 2.24) is 0 Å². The Hall–Kier alpha value is 1.62. The van der Waals surface area contributed by atoms with Crippen molar-refractivity contribution < 1.29 is 38.6 Å². The van der Waals surface area contributed by atoms with Gasteiger partial charge in [-0.05, 0) is 0 Å². The van der Waals surface area contributed by atoms with Crippen LogP contribution in [-0.2, 0) is 9.09 Å². The molecule has 0 saturated heterocycles. The Bertz CT molecular complexity index is 177. The fourth-order valence-electron chi connectivity index (χ4n) is 0.434. The Balaban J connectivity index is -0.0000000833. The van der Waals surface area contributed by atoms with Crippen LogP contribution in [-0.4, -0.2) is 86.3 Å². The van der Waals surface area contributed by atoms with Gasteiger partial charge in [-0.15, -0.1) is 0 Å². The molecule has 0 radical (unpaired) electrons. The fourth-order valence-corrected chi connectivity index (χ4v) is 0.753. The number of phosphoric ester groups is 1. The SMILES string of the molecule is C[N+](C)(C)CCOP(=O)(O)O.[Ca+2].[Cl-].[H-].[H-]. The first-order valence-corrected chi connectivity index (χ1v) is 4.74. The number of halogens is 1. The maximum absolute atomic E-state index is 10.2. The van der Waals surface area contributed by atoms with E-state index in [4.69, 9.17) is 9.79 Å². The number of quaternary nitrogens is 1. The second kappa shape index (κ2) is 7.85. The summed E-state index contributed by atoms with van der Waals surface area (Å²) in [4.78, 5) is 16.6. The molecule has 0 rings (SSSR count). The zero-order chi connectivity index (χ0) is 9.12. The van der Waals surface area contributed by atoms with Gasteiger partial charge in [-0.1, -0.05) is 0 Å². The van der Waals surface area contributed by atoms with Crippen molar-refractivity contribution in [2.75, 3.05) is 34.3 Å². The molecule has 0 unspecified atom stereocenters. The van der Waals surface area contributed by atoms with Crippen molar-refractivity contribution in [2.24, 2.45) is 0 Å². The topological polar surface area (TPSA) is 66.8 Å². The quantitative estimate of drug-likeness (QED) is 0.315. The normalized spacial score (nSPS) is 11.5. The first-order valence-electron chi connectivity index (χ1n) is 3.21. The smallest absolute Gasteiger partial charge is 1.00 e. The van der Waals surface area contributed by atoms with Crippen molar-refractivity contribution >= 4 is 45.6 Å². The number of rotatable bonds is 4. The van der Waals surface area contributed by atoms with Crippen LogP contribution >= 0.6 is 7.82 Å². The van der Waals surface area contributed by atoms with Crippen LogP contribution in [0.15, 0.2) is 0 Å². The van der Waals surface area contributed by atoms with Crippen LogP contribution in [0.4, 0.5) is 0 Å². The minimum absolute atomic E-state index is 0. The number of nitrogens with zero attached hydrogens (tertiary/aromatic N) is 1. The average molecular weight is 262 g/mol. The van der Waals surface area contributed by atoms with Gasteiger partial charge in [0.25, 0.3) is 0 Å². The Labute approximate surface area is 118 Å². The summed E-state index contributed by atoms with van der Waals surface area (Å²) < 4.78 is 15.1. The molecule has 0 atom stereocenters. The van der Waals surface area contributed by atoms with Crippen LogP contribution in [0.1, 0.15) is 2.85 Å². The zero-order valence-electron chi connectivity index (χ0n) is 10.1. The van der Waals surface area contributed by atoms with Crippen molar-refractivity contribution in [1.29, 1.82) is 0 Å². The molecule has 0 aliphatic carbocycles. The van der Waals surface area contributed by atoms with E-state index in [9.17, 15) is 4.57 Å². The molecule has 13 heavy (non-hydrogen) atoms. The fraction of sp³-hybridized carbons (Fsp3) is 1.00. The van der Waals surface area contributed by atoms with Crippen LogP contribution < -0.4 is 12.4 Å². The van der Waals surface area contributed by atoms with E-state index in [0.29, 0.717) is 11.0 Å². The van der Waals surface area contributed by atoms with Gasteiger partial charge in [0.2, 0.25) is 0 Å². The van der Waals surface area contributed by atoms with Crippen LogP contribution in [0, 0.1) is 0 Å². The Kier molecular flexibility index (Phi) is 12.1.